The third-order valence-corrected chi connectivity index (χ3v) is 7.05. The fourth-order valence-electron chi connectivity index (χ4n) is 3.57. The Morgan fingerprint density at radius 3 is 2.52 bits per heavy atom. The molecule has 1 aliphatic heterocycles. The molecule has 0 N–H and O–H groups in total. The Kier molecular flexibility index (Phi) is 6.63. The summed E-state index contributed by atoms with van der Waals surface area (Å²) in [5, 5.41) is 0. The number of piperidine rings is 1. The van der Waals surface area contributed by atoms with Gasteiger partial charge in [-0.15, -0.1) is 0 Å². The molecule has 1 amide bonds. The van der Waals surface area contributed by atoms with Crippen LogP contribution in [0.4, 0.5) is 0 Å². The van der Waals surface area contributed by atoms with Gasteiger partial charge in [-0.1, -0.05) is 33.8 Å². The Morgan fingerprint density at radius 2 is 1.92 bits per heavy atom. The number of carbonyl (C=O) groups is 1. The van der Waals surface area contributed by atoms with Crippen molar-refractivity contribution in [2.75, 3.05) is 19.6 Å². The summed E-state index contributed by atoms with van der Waals surface area (Å²) in [6, 6.07) is 6.71. The Hall–Kier alpha value is -1.40. The van der Waals surface area contributed by atoms with Crippen molar-refractivity contribution in [3.63, 3.8) is 0 Å². The highest BCUT2D eigenvalue weighted by atomic mass is 32.2. The van der Waals surface area contributed by atoms with E-state index in [9.17, 15) is 13.2 Å². The van der Waals surface area contributed by atoms with Crippen LogP contribution in [-0.2, 0) is 10.0 Å². The van der Waals surface area contributed by atoms with E-state index in [0.717, 1.165) is 25.8 Å². The van der Waals surface area contributed by atoms with E-state index in [2.05, 4.69) is 13.8 Å². The molecule has 1 fully saturated rings. The second kappa shape index (κ2) is 8.32. The van der Waals surface area contributed by atoms with Crippen LogP contribution in [-0.4, -0.2) is 49.2 Å². The van der Waals surface area contributed by atoms with E-state index in [-0.39, 0.29) is 16.8 Å². The van der Waals surface area contributed by atoms with Crippen LogP contribution in [0.25, 0.3) is 0 Å². The maximum atomic E-state index is 13.0. The topological polar surface area (TPSA) is 57.7 Å². The Morgan fingerprint density at radius 1 is 1.24 bits per heavy atom. The molecular weight excluding hydrogens is 336 g/mol. The highest BCUT2D eigenvalue weighted by Gasteiger charge is 2.30. The molecule has 1 heterocycles. The molecule has 0 aromatic heterocycles. The minimum atomic E-state index is -3.56. The highest BCUT2D eigenvalue weighted by molar-refractivity contribution is 7.89. The van der Waals surface area contributed by atoms with E-state index in [0.29, 0.717) is 24.6 Å². The zero-order chi connectivity index (χ0) is 18.6. The molecule has 6 heteroatoms. The van der Waals surface area contributed by atoms with E-state index in [1.165, 1.54) is 10.4 Å². The molecule has 2 rings (SSSR count). The number of sulfonamides is 1. The van der Waals surface area contributed by atoms with Gasteiger partial charge in [-0.25, -0.2) is 8.42 Å². The zero-order valence-electron chi connectivity index (χ0n) is 15.7. The maximum absolute atomic E-state index is 13.0. The lowest BCUT2D eigenvalue weighted by atomic mass is 9.92. The van der Waals surface area contributed by atoms with E-state index in [1.807, 2.05) is 18.7 Å². The molecule has 1 unspecified atom stereocenters. The second-order valence-corrected chi connectivity index (χ2v) is 8.86. The molecule has 140 valence electrons. The number of carbonyl (C=O) groups excluding carboxylic acids is 1. The molecule has 1 atom stereocenters. The summed E-state index contributed by atoms with van der Waals surface area (Å²) in [7, 11) is -3.56. The van der Waals surface area contributed by atoms with Gasteiger partial charge in [0, 0.05) is 31.2 Å². The Bertz CT molecular complexity index is 696. The lowest BCUT2D eigenvalue weighted by Crippen LogP contribution is -2.46. The summed E-state index contributed by atoms with van der Waals surface area (Å²) in [4.78, 5) is 15.1. The molecule has 25 heavy (non-hydrogen) atoms. The average Bonchev–Trinajstić information content (AvgIpc) is 2.62. The van der Waals surface area contributed by atoms with Crippen LogP contribution in [0.3, 0.4) is 0 Å². The smallest absolute Gasteiger partial charge is 0.254 e. The summed E-state index contributed by atoms with van der Waals surface area (Å²) >= 11 is 0. The van der Waals surface area contributed by atoms with Crippen molar-refractivity contribution < 1.29 is 13.2 Å². The summed E-state index contributed by atoms with van der Waals surface area (Å²) in [6.45, 7) is 9.48. The highest BCUT2D eigenvalue weighted by Crippen LogP contribution is 2.26. The first-order chi connectivity index (χ1) is 11.8. The first-order valence-electron chi connectivity index (χ1n) is 9.24. The third-order valence-electron chi connectivity index (χ3n) is 5.00. The van der Waals surface area contributed by atoms with Crippen LogP contribution in [0, 0.1) is 5.92 Å². The summed E-state index contributed by atoms with van der Waals surface area (Å²) in [5.74, 6) is 0.335. The van der Waals surface area contributed by atoms with Crippen LogP contribution in [0.5, 0.6) is 0 Å². The molecule has 1 saturated heterocycles. The fraction of sp³-hybridized carbons (Fsp3) is 0.632. The van der Waals surface area contributed by atoms with Crippen molar-refractivity contribution in [2.45, 2.75) is 57.9 Å². The van der Waals surface area contributed by atoms with Gasteiger partial charge in [-0.2, -0.15) is 4.31 Å². The molecule has 1 aliphatic rings. The monoisotopic (exact) mass is 366 g/mol. The molecule has 1 aromatic carbocycles. The number of likely N-dealkylation sites (tertiary alicyclic amines) is 1. The second-order valence-electron chi connectivity index (χ2n) is 6.92. The van der Waals surface area contributed by atoms with Crippen molar-refractivity contribution in [1.82, 2.24) is 9.21 Å². The van der Waals surface area contributed by atoms with Gasteiger partial charge in [0.2, 0.25) is 10.0 Å². The van der Waals surface area contributed by atoms with E-state index < -0.39 is 10.0 Å². The summed E-state index contributed by atoms with van der Waals surface area (Å²) < 4.78 is 26.8. The zero-order valence-corrected chi connectivity index (χ0v) is 16.6. The predicted octanol–water partition coefficient (Wildman–Crippen LogP) is 3.37. The minimum Gasteiger partial charge on any atom is -0.335 e. The number of hydrogen-bond acceptors (Lipinski definition) is 3. The lowest BCUT2D eigenvalue weighted by Gasteiger charge is -2.38. The molecule has 0 spiro atoms. The minimum absolute atomic E-state index is 0.0602. The van der Waals surface area contributed by atoms with Crippen LogP contribution >= 0.6 is 0 Å². The first kappa shape index (κ1) is 19.9. The number of nitrogens with zero attached hydrogens (tertiary/aromatic N) is 2. The maximum Gasteiger partial charge on any atom is 0.254 e. The largest absolute Gasteiger partial charge is 0.335 e. The normalized spacial score (nSPS) is 18.8. The summed E-state index contributed by atoms with van der Waals surface area (Å²) in [6.07, 6.45) is 3.16. The molecule has 0 saturated carbocycles. The van der Waals surface area contributed by atoms with Crippen molar-refractivity contribution in [3.8, 4) is 0 Å². The van der Waals surface area contributed by atoms with Crippen molar-refractivity contribution in [1.29, 1.82) is 0 Å². The number of rotatable bonds is 6. The lowest BCUT2D eigenvalue weighted by molar-refractivity contribution is 0.0543. The fourth-order valence-corrected chi connectivity index (χ4v) is 5.08. The van der Waals surface area contributed by atoms with Gasteiger partial charge >= 0.3 is 0 Å². The van der Waals surface area contributed by atoms with E-state index in [4.69, 9.17) is 0 Å². The summed E-state index contributed by atoms with van der Waals surface area (Å²) in [5.41, 5.74) is 0.459. The Labute approximate surface area is 152 Å². The third kappa shape index (κ3) is 4.23. The van der Waals surface area contributed by atoms with Crippen molar-refractivity contribution in [2.24, 2.45) is 5.92 Å². The van der Waals surface area contributed by atoms with Crippen LogP contribution in [0.15, 0.2) is 29.2 Å². The van der Waals surface area contributed by atoms with Gasteiger partial charge in [-0.3, -0.25) is 4.79 Å². The standard InChI is InChI=1S/C19H30N2O3S/c1-5-20(6-2)25(23,24)17-11-9-10-16(14-17)19(22)21-13-8-7-12-18(21)15(3)4/h9-11,14-15,18H,5-8,12-13H2,1-4H3. The van der Waals surface area contributed by atoms with Gasteiger partial charge in [0.05, 0.1) is 4.90 Å². The van der Waals surface area contributed by atoms with Gasteiger partial charge in [-0.05, 0) is 43.4 Å². The molecular formula is C19H30N2O3S. The SMILES string of the molecule is CCN(CC)S(=O)(=O)c1cccc(C(=O)N2CCCCC2C(C)C)c1. The van der Waals surface area contributed by atoms with Crippen molar-refractivity contribution in [3.05, 3.63) is 29.8 Å². The molecule has 0 bridgehead atoms. The predicted molar refractivity (Wildman–Crippen MR) is 100 cm³/mol. The quantitative estimate of drug-likeness (QED) is 0.776. The van der Waals surface area contributed by atoms with Gasteiger partial charge in [0.25, 0.3) is 5.91 Å². The van der Waals surface area contributed by atoms with Crippen LogP contribution < -0.4 is 0 Å². The van der Waals surface area contributed by atoms with Crippen LogP contribution in [0.1, 0.15) is 57.3 Å². The molecule has 1 aromatic rings. The molecule has 5 nitrogen and oxygen atoms in total. The number of amides is 1. The van der Waals surface area contributed by atoms with Crippen LogP contribution in [0.2, 0.25) is 0 Å². The van der Waals surface area contributed by atoms with E-state index in [1.54, 1.807) is 18.2 Å². The van der Waals surface area contributed by atoms with E-state index >= 15 is 0 Å². The first-order valence-corrected chi connectivity index (χ1v) is 10.7. The van der Waals surface area contributed by atoms with Crippen molar-refractivity contribution >= 4 is 15.9 Å². The molecule has 0 aliphatic carbocycles. The van der Waals surface area contributed by atoms with Gasteiger partial charge < -0.3 is 4.90 Å². The van der Waals surface area contributed by atoms with Gasteiger partial charge in [0.15, 0.2) is 0 Å². The average molecular weight is 367 g/mol. The number of benzene rings is 1. The molecule has 0 radical (unpaired) electrons. The van der Waals surface area contributed by atoms with Gasteiger partial charge in [0.1, 0.15) is 0 Å². The Balaban J connectivity index is 2.33. The number of hydrogen-bond donors (Lipinski definition) is 0.